The first kappa shape index (κ1) is 25.7. The van der Waals surface area contributed by atoms with E-state index in [0.29, 0.717) is 5.89 Å². The van der Waals surface area contributed by atoms with E-state index in [1.807, 2.05) is 30.3 Å². The molecule has 4 nitrogen and oxygen atoms in total. The Morgan fingerprint density at radius 1 is 0.511 bits per heavy atom. The van der Waals surface area contributed by atoms with Gasteiger partial charge in [0.05, 0.1) is 15.9 Å². The molecule has 0 saturated carbocycles. The third-order valence-corrected chi connectivity index (χ3v) is 9.41. The van der Waals surface area contributed by atoms with Crippen LogP contribution in [0.3, 0.4) is 0 Å². The topological polar surface area (TPSA) is 42.2 Å². The Hall–Kier alpha value is -5.78. The van der Waals surface area contributed by atoms with Crippen molar-refractivity contribution >= 4 is 71.3 Å². The largest absolute Gasteiger partial charge is 0.436 e. The van der Waals surface area contributed by atoms with Gasteiger partial charge in [-0.25, -0.2) is 9.97 Å². The number of benzene rings is 7. The SMILES string of the molecule is c1ccc2c(c1)cc(N(c1ccc(-c3nc4ccccc4o3)cc1)c1ccc(-c3nc4ccccc4s3)cc1)c1ccccc12. The Bertz CT molecular complexity index is 2310. The molecule has 0 radical (unpaired) electrons. The van der Waals surface area contributed by atoms with Crippen molar-refractivity contribution in [1.29, 1.82) is 0 Å². The van der Waals surface area contributed by atoms with Gasteiger partial charge in [0.25, 0.3) is 0 Å². The summed E-state index contributed by atoms with van der Waals surface area (Å²) in [5.41, 5.74) is 7.94. The van der Waals surface area contributed by atoms with Crippen molar-refractivity contribution in [2.45, 2.75) is 0 Å². The van der Waals surface area contributed by atoms with E-state index >= 15 is 0 Å². The highest BCUT2D eigenvalue weighted by Gasteiger charge is 2.18. The minimum absolute atomic E-state index is 0.616. The van der Waals surface area contributed by atoms with Crippen LogP contribution in [0.1, 0.15) is 0 Å². The Morgan fingerprint density at radius 2 is 1.13 bits per heavy atom. The second-order valence-corrected chi connectivity index (χ2v) is 12.1. The molecule has 0 aliphatic carbocycles. The van der Waals surface area contributed by atoms with Crippen LogP contribution in [0.4, 0.5) is 17.1 Å². The molecule has 0 saturated heterocycles. The third kappa shape index (κ3) is 4.44. The molecule has 5 heteroatoms. The van der Waals surface area contributed by atoms with Crippen LogP contribution in [0.15, 0.2) is 156 Å². The van der Waals surface area contributed by atoms with Crippen molar-refractivity contribution in [3.05, 3.63) is 152 Å². The highest BCUT2D eigenvalue weighted by atomic mass is 32.1. The summed E-state index contributed by atoms with van der Waals surface area (Å²) in [4.78, 5) is 12.0. The van der Waals surface area contributed by atoms with Crippen molar-refractivity contribution in [3.8, 4) is 22.0 Å². The maximum atomic E-state index is 6.08. The number of oxazole rings is 1. The number of rotatable bonds is 5. The average molecular weight is 596 g/mol. The minimum atomic E-state index is 0.616. The molecular formula is C40H25N3OS. The summed E-state index contributed by atoms with van der Waals surface area (Å²) in [6, 6.07) is 52.9. The number of fused-ring (bicyclic) bond motifs is 5. The lowest BCUT2D eigenvalue weighted by molar-refractivity contribution is 0.620. The van der Waals surface area contributed by atoms with Gasteiger partial charge in [0.2, 0.25) is 5.89 Å². The number of para-hydroxylation sites is 3. The molecular weight excluding hydrogens is 571 g/mol. The molecule has 9 rings (SSSR count). The molecule has 45 heavy (non-hydrogen) atoms. The van der Waals surface area contributed by atoms with E-state index in [2.05, 4.69) is 126 Å². The summed E-state index contributed by atoms with van der Waals surface area (Å²) in [5.74, 6) is 0.616. The standard InChI is InChI=1S/C40H25N3OS/c1-2-10-31-28(9-1)25-36(33-12-4-3-11-32(31)33)43(29-21-17-26(18-22-29)39-41-34-13-5-7-15-37(34)44-39)30-23-19-27(20-24-30)40-42-35-14-6-8-16-38(35)45-40/h1-25H. The molecule has 0 aliphatic rings. The summed E-state index contributed by atoms with van der Waals surface area (Å²) in [6.07, 6.45) is 0. The maximum absolute atomic E-state index is 6.08. The van der Waals surface area contributed by atoms with Gasteiger partial charge in [-0.3, -0.25) is 0 Å². The molecule has 2 aromatic heterocycles. The average Bonchev–Trinajstić information content (AvgIpc) is 3.74. The van der Waals surface area contributed by atoms with E-state index in [0.717, 1.165) is 49.8 Å². The van der Waals surface area contributed by atoms with Gasteiger partial charge in [-0.05, 0) is 95.0 Å². The number of hydrogen-bond donors (Lipinski definition) is 0. The van der Waals surface area contributed by atoms with E-state index < -0.39 is 0 Å². The van der Waals surface area contributed by atoms with E-state index in [9.17, 15) is 0 Å². The van der Waals surface area contributed by atoms with E-state index in [-0.39, 0.29) is 0 Å². The summed E-state index contributed by atoms with van der Waals surface area (Å²) >= 11 is 1.72. The zero-order valence-corrected chi connectivity index (χ0v) is 24.9. The summed E-state index contributed by atoms with van der Waals surface area (Å²) < 4.78 is 7.27. The second-order valence-electron chi connectivity index (χ2n) is 11.1. The Balaban J connectivity index is 1.20. The molecule has 9 aromatic rings. The van der Waals surface area contributed by atoms with Gasteiger partial charge in [0.15, 0.2) is 5.58 Å². The molecule has 0 spiro atoms. The molecule has 0 amide bonds. The Kier molecular flexibility index (Phi) is 5.96. The zero-order chi connectivity index (χ0) is 29.7. The van der Waals surface area contributed by atoms with Crippen LogP contribution < -0.4 is 4.90 Å². The van der Waals surface area contributed by atoms with Gasteiger partial charge < -0.3 is 9.32 Å². The maximum Gasteiger partial charge on any atom is 0.227 e. The van der Waals surface area contributed by atoms with Crippen LogP contribution in [-0.2, 0) is 0 Å². The molecule has 0 N–H and O–H groups in total. The summed E-state index contributed by atoms with van der Waals surface area (Å²) in [5, 5.41) is 5.88. The van der Waals surface area contributed by atoms with Crippen molar-refractivity contribution in [2.75, 3.05) is 4.90 Å². The summed E-state index contributed by atoms with van der Waals surface area (Å²) in [7, 11) is 0. The first-order valence-corrected chi connectivity index (χ1v) is 15.7. The van der Waals surface area contributed by atoms with Gasteiger partial charge in [-0.1, -0.05) is 72.8 Å². The van der Waals surface area contributed by atoms with Gasteiger partial charge in [0, 0.05) is 27.9 Å². The third-order valence-electron chi connectivity index (χ3n) is 8.32. The van der Waals surface area contributed by atoms with Gasteiger partial charge in [0.1, 0.15) is 10.5 Å². The first-order chi connectivity index (χ1) is 22.3. The van der Waals surface area contributed by atoms with Crippen LogP contribution in [0.5, 0.6) is 0 Å². The molecule has 0 atom stereocenters. The quantitative estimate of drug-likeness (QED) is 0.186. The predicted molar refractivity (Wildman–Crippen MR) is 188 cm³/mol. The number of hydrogen-bond acceptors (Lipinski definition) is 5. The van der Waals surface area contributed by atoms with Crippen LogP contribution in [0, 0.1) is 0 Å². The van der Waals surface area contributed by atoms with Crippen molar-refractivity contribution in [1.82, 2.24) is 9.97 Å². The Labute approximate surface area is 263 Å². The van der Waals surface area contributed by atoms with Crippen LogP contribution in [-0.4, -0.2) is 9.97 Å². The fraction of sp³-hybridized carbons (Fsp3) is 0. The number of aromatic nitrogens is 2. The lowest BCUT2D eigenvalue weighted by Gasteiger charge is -2.28. The fourth-order valence-electron chi connectivity index (χ4n) is 6.14. The van der Waals surface area contributed by atoms with Gasteiger partial charge >= 0.3 is 0 Å². The lowest BCUT2D eigenvalue weighted by atomic mass is 9.99. The van der Waals surface area contributed by atoms with Crippen LogP contribution >= 0.6 is 11.3 Å². The smallest absolute Gasteiger partial charge is 0.227 e. The van der Waals surface area contributed by atoms with E-state index in [4.69, 9.17) is 14.4 Å². The minimum Gasteiger partial charge on any atom is -0.436 e. The zero-order valence-electron chi connectivity index (χ0n) is 24.1. The number of thiazole rings is 1. The second kappa shape index (κ2) is 10.4. The molecule has 0 unspecified atom stereocenters. The fourth-order valence-corrected chi connectivity index (χ4v) is 7.12. The molecule has 0 fully saturated rings. The lowest BCUT2D eigenvalue weighted by Crippen LogP contribution is -2.10. The monoisotopic (exact) mass is 595 g/mol. The molecule has 2 heterocycles. The first-order valence-electron chi connectivity index (χ1n) is 14.9. The predicted octanol–water partition coefficient (Wildman–Crippen LogP) is 11.5. The number of nitrogens with zero attached hydrogens (tertiary/aromatic N) is 3. The van der Waals surface area contributed by atoms with E-state index in [1.54, 1.807) is 11.3 Å². The highest BCUT2D eigenvalue weighted by Crippen LogP contribution is 2.43. The van der Waals surface area contributed by atoms with E-state index in [1.165, 1.54) is 26.2 Å². The van der Waals surface area contributed by atoms with Gasteiger partial charge in [-0.15, -0.1) is 11.3 Å². The normalized spacial score (nSPS) is 11.6. The van der Waals surface area contributed by atoms with Crippen molar-refractivity contribution in [2.24, 2.45) is 0 Å². The van der Waals surface area contributed by atoms with Crippen molar-refractivity contribution in [3.63, 3.8) is 0 Å². The molecule has 7 aromatic carbocycles. The molecule has 0 aliphatic heterocycles. The number of anilines is 3. The summed E-state index contributed by atoms with van der Waals surface area (Å²) in [6.45, 7) is 0. The van der Waals surface area contributed by atoms with Crippen LogP contribution in [0.2, 0.25) is 0 Å². The molecule has 212 valence electrons. The molecule has 0 bridgehead atoms. The van der Waals surface area contributed by atoms with Crippen LogP contribution in [0.25, 0.3) is 64.9 Å². The van der Waals surface area contributed by atoms with Gasteiger partial charge in [-0.2, -0.15) is 0 Å². The van der Waals surface area contributed by atoms with Crippen molar-refractivity contribution < 1.29 is 4.42 Å². The Morgan fingerprint density at radius 3 is 1.89 bits per heavy atom. The highest BCUT2D eigenvalue weighted by molar-refractivity contribution is 7.21.